The van der Waals surface area contributed by atoms with Gasteiger partial charge in [-0.1, -0.05) is 50.2 Å². The Morgan fingerprint density at radius 1 is 0.743 bits per heavy atom. The van der Waals surface area contributed by atoms with E-state index in [-0.39, 0.29) is 22.9 Å². The summed E-state index contributed by atoms with van der Waals surface area (Å²) in [5.41, 5.74) is 0.530. The number of hydrogen-bond donors (Lipinski definition) is 0. The number of carbonyl (C=O) groups excluding carboxylic acids is 1. The van der Waals surface area contributed by atoms with Crippen molar-refractivity contribution in [3.63, 3.8) is 0 Å². The van der Waals surface area contributed by atoms with Gasteiger partial charge in [-0.3, -0.25) is 4.79 Å². The molecule has 4 aliphatic rings. The number of ketones is 1. The Labute approximate surface area is 212 Å². The zero-order valence-corrected chi connectivity index (χ0v) is 21.7. The lowest BCUT2D eigenvalue weighted by atomic mass is 9.39. The van der Waals surface area contributed by atoms with Crippen molar-refractivity contribution in [1.82, 2.24) is 0 Å². The second-order valence-electron chi connectivity index (χ2n) is 12.0. The number of ether oxygens (including phenoxy) is 1. The fourth-order valence-corrected chi connectivity index (χ4v) is 10.3. The quantitative estimate of drug-likeness (QED) is 0.321. The van der Waals surface area contributed by atoms with Crippen molar-refractivity contribution in [2.75, 3.05) is 6.61 Å². The van der Waals surface area contributed by atoms with Gasteiger partial charge in [-0.15, -0.1) is 0 Å². The molecule has 0 spiro atoms. The summed E-state index contributed by atoms with van der Waals surface area (Å²) in [6.07, 6.45) is 7.11. The zero-order valence-electron chi connectivity index (χ0n) is 20.8. The summed E-state index contributed by atoms with van der Waals surface area (Å²) in [4.78, 5) is 17.4. The molecule has 3 heteroatoms. The maximum absolute atomic E-state index is 13.6. The van der Waals surface area contributed by atoms with E-state index in [9.17, 15) is 4.79 Å². The van der Waals surface area contributed by atoms with E-state index in [4.69, 9.17) is 4.74 Å². The lowest BCUT2D eigenvalue weighted by Gasteiger charge is -2.64. The van der Waals surface area contributed by atoms with Crippen LogP contribution in [0, 0.1) is 22.2 Å². The monoisotopic (exact) mass is 483 g/mol. The van der Waals surface area contributed by atoms with E-state index in [0.717, 1.165) is 30.9 Å². The van der Waals surface area contributed by atoms with Crippen LogP contribution in [-0.2, 0) is 15.7 Å². The molecule has 0 saturated heterocycles. The third-order valence-electron chi connectivity index (χ3n) is 8.60. The van der Waals surface area contributed by atoms with Gasteiger partial charge in [-0.05, 0) is 104 Å². The minimum Gasteiger partial charge on any atom is -0.486 e. The molecule has 2 atom stereocenters. The first-order valence-electron chi connectivity index (χ1n) is 13.0. The van der Waals surface area contributed by atoms with Crippen LogP contribution in [0.1, 0.15) is 52.4 Å². The molecule has 0 radical (unpaired) electrons. The number of carbonyl (C=O) groups is 1. The van der Waals surface area contributed by atoms with Crippen molar-refractivity contribution in [3.8, 4) is 5.75 Å². The van der Waals surface area contributed by atoms with Crippen molar-refractivity contribution < 1.29 is 9.53 Å². The van der Waals surface area contributed by atoms with Crippen LogP contribution in [0.25, 0.3) is 0 Å². The van der Waals surface area contributed by atoms with Gasteiger partial charge in [0.05, 0.1) is 10.9 Å². The lowest BCUT2D eigenvalue weighted by Crippen LogP contribution is -2.58. The predicted molar refractivity (Wildman–Crippen MR) is 142 cm³/mol. The standard InChI is InChI=1S/C32H35O2S/c1-30-17-24-18-31(2,21-30)23-32(19-24,22-30)29(33)20-34-25-13-15-28(16-14-25)35(26-9-5-3-6-10-26)27-11-7-4-8-12-27/h3-16,24H,17-23H2,1-2H3/q+1. The van der Waals surface area contributed by atoms with Gasteiger partial charge in [0.25, 0.3) is 0 Å². The number of benzene rings is 3. The molecule has 35 heavy (non-hydrogen) atoms. The fraction of sp³-hybridized carbons (Fsp3) is 0.406. The Morgan fingerprint density at radius 3 is 1.77 bits per heavy atom. The first-order valence-corrected chi connectivity index (χ1v) is 14.2. The average molecular weight is 484 g/mol. The number of rotatable bonds is 7. The summed E-state index contributed by atoms with van der Waals surface area (Å²) in [6, 6.07) is 29.7. The van der Waals surface area contributed by atoms with E-state index < -0.39 is 0 Å². The SMILES string of the molecule is CC12CC3CC(C)(C1)CC(C(=O)COc1ccc([S+](c4ccccc4)c4ccccc4)cc1)(C3)C2. The molecule has 0 aliphatic heterocycles. The van der Waals surface area contributed by atoms with E-state index in [2.05, 4.69) is 86.6 Å². The van der Waals surface area contributed by atoms with Gasteiger partial charge >= 0.3 is 0 Å². The summed E-state index contributed by atoms with van der Waals surface area (Å²) in [6.45, 7) is 5.04. The van der Waals surface area contributed by atoms with E-state index in [0.29, 0.717) is 16.6 Å². The van der Waals surface area contributed by atoms with E-state index in [1.165, 1.54) is 33.9 Å². The summed E-state index contributed by atoms with van der Waals surface area (Å²) >= 11 is 0. The Hall–Kier alpha value is -2.52. The van der Waals surface area contributed by atoms with Crippen LogP contribution in [0.5, 0.6) is 5.75 Å². The Balaban J connectivity index is 1.18. The number of hydrogen-bond acceptors (Lipinski definition) is 2. The highest BCUT2D eigenvalue weighted by Gasteiger charge is 2.62. The van der Waals surface area contributed by atoms with Crippen LogP contribution in [-0.4, -0.2) is 12.4 Å². The first kappa shape index (κ1) is 22.9. The lowest BCUT2D eigenvalue weighted by molar-refractivity contribution is -0.169. The van der Waals surface area contributed by atoms with E-state index in [1.807, 2.05) is 12.1 Å². The highest BCUT2D eigenvalue weighted by Crippen LogP contribution is 2.69. The van der Waals surface area contributed by atoms with Crippen molar-refractivity contribution >= 4 is 16.7 Å². The topological polar surface area (TPSA) is 26.3 Å². The maximum atomic E-state index is 13.6. The van der Waals surface area contributed by atoms with Gasteiger partial charge in [0.15, 0.2) is 20.5 Å². The third kappa shape index (κ3) is 4.33. The van der Waals surface area contributed by atoms with Crippen molar-refractivity contribution in [3.05, 3.63) is 84.9 Å². The van der Waals surface area contributed by atoms with Gasteiger partial charge in [0.1, 0.15) is 12.4 Å². The second kappa shape index (κ2) is 8.55. The van der Waals surface area contributed by atoms with Crippen LogP contribution in [0.2, 0.25) is 0 Å². The van der Waals surface area contributed by atoms with Crippen LogP contribution in [0.3, 0.4) is 0 Å². The molecular weight excluding hydrogens is 448 g/mol. The zero-order chi connectivity index (χ0) is 24.1. The second-order valence-corrected chi connectivity index (χ2v) is 14.1. The van der Waals surface area contributed by atoms with Gasteiger partial charge in [-0.25, -0.2) is 0 Å². The minimum absolute atomic E-state index is 0.157. The highest BCUT2D eigenvalue weighted by molar-refractivity contribution is 7.97. The van der Waals surface area contributed by atoms with E-state index in [1.54, 1.807) is 0 Å². The third-order valence-corrected chi connectivity index (χ3v) is 10.8. The molecule has 0 N–H and O–H groups in total. The molecule has 3 aromatic rings. The molecule has 0 aromatic heterocycles. The van der Waals surface area contributed by atoms with Crippen LogP contribution < -0.4 is 4.74 Å². The number of Topliss-reactive ketones (excluding diaryl/α,β-unsaturated/α-hetero) is 1. The molecule has 2 nitrogen and oxygen atoms in total. The van der Waals surface area contributed by atoms with Gasteiger partial charge in [-0.2, -0.15) is 0 Å². The Kier molecular flexibility index (Phi) is 5.60. The first-order chi connectivity index (χ1) is 16.9. The smallest absolute Gasteiger partial charge is 0.176 e. The van der Waals surface area contributed by atoms with Crippen LogP contribution >= 0.6 is 0 Å². The molecule has 4 fully saturated rings. The van der Waals surface area contributed by atoms with E-state index >= 15 is 0 Å². The fourth-order valence-electron chi connectivity index (χ4n) is 8.25. The van der Waals surface area contributed by atoms with Crippen LogP contribution in [0.4, 0.5) is 0 Å². The molecule has 0 amide bonds. The predicted octanol–water partition coefficient (Wildman–Crippen LogP) is 7.73. The molecule has 2 unspecified atom stereocenters. The Morgan fingerprint density at radius 2 is 1.26 bits per heavy atom. The summed E-state index contributed by atoms with van der Waals surface area (Å²) in [7, 11) is -0.175. The van der Waals surface area contributed by atoms with Crippen molar-refractivity contribution in [1.29, 1.82) is 0 Å². The summed E-state index contributed by atoms with van der Waals surface area (Å²) < 4.78 is 6.12. The largest absolute Gasteiger partial charge is 0.486 e. The van der Waals surface area contributed by atoms with Gasteiger partial charge in [0, 0.05) is 5.41 Å². The molecule has 4 saturated carbocycles. The molecule has 4 bridgehead atoms. The minimum atomic E-state index is -0.175. The Bertz CT molecular complexity index is 1150. The van der Waals surface area contributed by atoms with Crippen LogP contribution in [0.15, 0.2) is 99.6 Å². The maximum Gasteiger partial charge on any atom is 0.176 e. The van der Waals surface area contributed by atoms with Crippen molar-refractivity contribution in [2.45, 2.75) is 67.1 Å². The molecule has 7 rings (SSSR count). The summed E-state index contributed by atoms with van der Waals surface area (Å²) in [5, 5.41) is 0. The molecule has 3 aromatic carbocycles. The average Bonchev–Trinajstić information content (AvgIpc) is 2.83. The molecule has 4 aliphatic carbocycles. The molecular formula is C32H35O2S+. The van der Waals surface area contributed by atoms with Gasteiger partial charge in [0.2, 0.25) is 0 Å². The molecule has 180 valence electrons. The highest BCUT2D eigenvalue weighted by atomic mass is 32.2. The normalized spacial score (nSPS) is 31.0. The van der Waals surface area contributed by atoms with Gasteiger partial charge < -0.3 is 4.74 Å². The molecule has 0 heterocycles. The summed E-state index contributed by atoms with van der Waals surface area (Å²) in [5.74, 6) is 1.84. The van der Waals surface area contributed by atoms with Crippen molar-refractivity contribution in [2.24, 2.45) is 22.2 Å².